The number of rotatable bonds is 9. The quantitative estimate of drug-likeness (QED) is 0.509. The molecule has 3 fully saturated rings. The smallest absolute Gasteiger partial charge is 0.246 e. The van der Waals surface area contributed by atoms with Crippen molar-refractivity contribution in [1.29, 1.82) is 0 Å². The van der Waals surface area contributed by atoms with Crippen LogP contribution in [0.4, 0.5) is 0 Å². The summed E-state index contributed by atoms with van der Waals surface area (Å²) < 4.78 is 6.70. The first-order chi connectivity index (χ1) is 16.2. The first kappa shape index (κ1) is 24.7. The number of carbonyl (C=O) groups excluding carboxylic acids is 3. The minimum Gasteiger partial charge on any atom is -0.394 e. The van der Waals surface area contributed by atoms with E-state index in [1.807, 2.05) is 58.0 Å². The predicted molar refractivity (Wildman–Crippen MR) is 126 cm³/mol. The average Bonchev–Trinajstić information content (AvgIpc) is 3.43. The highest BCUT2D eigenvalue weighted by Gasteiger charge is 2.79. The minimum atomic E-state index is -1.07. The molecular formula is C26H37N3O5. The summed E-state index contributed by atoms with van der Waals surface area (Å²) in [4.78, 5) is 42.6. The predicted octanol–water partition coefficient (Wildman–Crippen LogP) is 1.75. The van der Waals surface area contributed by atoms with Crippen LogP contribution < -0.4 is 10.6 Å². The topological polar surface area (TPSA) is 108 Å². The molecule has 0 saturated carbocycles. The van der Waals surface area contributed by atoms with Crippen LogP contribution in [0, 0.1) is 11.8 Å². The average molecular weight is 472 g/mol. The summed E-state index contributed by atoms with van der Waals surface area (Å²) in [6.45, 7) is 7.72. The lowest BCUT2D eigenvalue weighted by Gasteiger charge is -2.37. The van der Waals surface area contributed by atoms with Gasteiger partial charge in [0, 0.05) is 12.6 Å². The minimum absolute atomic E-state index is 0.113. The second kappa shape index (κ2) is 9.30. The molecule has 2 unspecified atom stereocenters. The third-order valence-corrected chi connectivity index (χ3v) is 7.97. The molecule has 8 nitrogen and oxygen atoms in total. The molecule has 1 spiro atoms. The van der Waals surface area contributed by atoms with Crippen LogP contribution in [0.15, 0.2) is 30.3 Å². The third kappa shape index (κ3) is 3.71. The molecule has 186 valence electrons. The van der Waals surface area contributed by atoms with E-state index in [0.717, 1.165) is 5.56 Å². The van der Waals surface area contributed by atoms with Crippen molar-refractivity contribution in [2.45, 2.75) is 89.3 Å². The van der Waals surface area contributed by atoms with Crippen molar-refractivity contribution in [1.82, 2.24) is 15.5 Å². The zero-order valence-electron chi connectivity index (χ0n) is 20.5. The van der Waals surface area contributed by atoms with Gasteiger partial charge in [0.15, 0.2) is 0 Å². The van der Waals surface area contributed by atoms with Gasteiger partial charge >= 0.3 is 0 Å². The Morgan fingerprint density at radius 1 is 1.18 bits per heavy atom. The number of hydrogen-bond acceptors (Lipinski definition) is 5. The number of aliphatic hydroxyl groups excluding tert-OH is 1. The van der Waals surface area contributed by atoms with Gasteiger partial charge in [0.05, 0.1) is 30.1 Å². The lowest BCUT2D eigenvalue weighted by atomic mass is 9.65. The Morgan fingerprint density at radius 3 is 2.47 bits per heavy atom. The highest BCUT2D eigenvalue weighted by molar-refractivity contribution is 5.99. The van der Waals surface area contributed by atoms with Crippen LogP contribution in [-0.2, 0) is 25.7 Å². The Hall–Kier alpha value is -2.45. The van der Waals surface area contributed by atoms with Gasteiger partial charge in [0.25, 0.3) is 0 Å². The van der Waals surface area contributed by atoms with Gasteiger partial charge in [-0.1, -0.05) is 44.2 Å². The van der Waals surface area contributed by atoms with Crippen LogP contribution in [-0.4, -0.2) is 63.7 Å². The summed E-state index contributed by atoms with van der Waals surface area (Å²) in [5.41, 5.74) is -0.867. The van der Waals surface area contributed by atoms with E-state index in [0.29, 0.717) is 32.2 Å². The maximum absolute atomic E-state index is 14.0. The van der Waals surface area contributed by atoms with Crippen molar-refractivity contribution in [2.75, 3.05) is 6.61 Å². The molecule has 0 aromatic heterocycles. The zero-order chi connectivity index (χ0) is 24.7. The second-order valence-corrected chi connectivity index (χ2v) is 10.2. The Labute approximate surface area is 201 Å². The van der Waals surface area contributed by atoms with Gasteiger partial charge in [-0.3, -0.25) is 14.4 Å². The number of benzene rings is 1. The van der Waals surface area contributed by atoms with Gasteiger partial charge in [0.1, 0.15) is 11.6 Å². The number of aliphatic hydroxyl groups is 1. The molecule has 3 heterocycles. The Balaban J connectivity index is 1.71. The number of hydrogen-bond donors (Lipinski definition) is 3. The summed E-state index contributed by atoms with van der Waals surface area (Å²) >= 11 is 0. The maximum atomic E-state index is 14.0. The van der Waals surface area contributed by atoms with Gasteiger partial charge < -0.3 is 25.4 Å². The molecule has 34 heavy (non-hydrogen) atoms. The number of ether oxygens (including phenoxy) is 1. The summed E-state index contributed by atoms with van der Waals surface area (Å²) in [6.07, 6.45) is 2.23. The fraction of sp³-hybridized carbons (Fsp3) is 0.654. The van der Waals surface area contributed by atoms with E-state index < -0.39 is 35.1 Å². The molecule has 4 rings (SSSR count). The lowest BCUT2D eigenvalue weighted by molar-refractivity contribution is -0.151. The van der Waals surface area contributed by atoms with Crippen LogP contribution in [0.1, 0.15) is 58.9 Å². The molecule has 1 aromatic carbocycles. The number of nitrogens with zero attached hydrogens (tertiary/aromatic N) is 1. The van der Waals surface area contributed by atoms with Gasteiger partial charge in [-0.25, -0.2) is 0 Å². The Kier molecular flexibility index (Phi) is 6.75. The molecule has 6 atom stereocenters. The molecule has 3 saturated heterocycles. The van der Waals surface area contributed by atoms with E-state index in [1.54, 1.807) is 0 Å². The first-order valence-corrected chi connectivity index (χ1v) is 12.5. The number of nitrogens with one attached hydrogen (secondary N) is 2. The van der Waals surface area contributed by atoms with Crippen LogP contribution in [0.5, 0.6) is 0 Å². The van der Waals surface area contributed by atoms with E-state index in [2.05, 4.69) is 10.6 Å². The van der Waals surface area contributed by atoms with E-state index in [-0.39, 0.29) is 30.4 Å². The second-order valence-electron chi connectivity index (χ2n) is 10.2. The van der Waals surface area contributed by atoms with Crippen LogP contribution in [0.3, 0.4) is 0 Å². The molecule has 3 amide bonds. The largest absolute Gasteiger partial charge is 0.394 e. The van der Waals surface area contributed by atoms with Crippen molar-refractivity contribution in [3.8, 4) is 0 Å². The Bertz CT molecular complexity index is 934. The molecule has 0 aliphatic carbocycles. The van der Waals surface area contributed by atoms with Gasteiger partial charge in [-0.15, -0.1) is 0 Å². The fourth-order valence-electron chi connectivity index (χ4n) is 6.42. The monoisotopic (exact) mass is 471 g/mol. The van der Waals surface area contributed by atoms with E-state index in [9.17, 15) is 19.5 Å². The molecule has 2 bridgehead atoms. The number of amides is 3. The number of likely N-dealkylation sites (tertiary alicyclic amines) is 1. The first-order valence-electron chi connectivity index (χ1n) is 12.5. The van der Waals surface area contributed by atoms with Crippen LogP contribution in [0.2, 0.25) is 0 Å². The zero-order valence-corrected chi connectivity index (χ0v) is 20.5. The molecule has 0 radical (unpaired) electrons. The molecule has 3 aliphatic rings. The van der Waals surface area contributed by atoms with Crippen molar-refractivity contribution in [2.24, 2.45) is 11.8 Å². The summed E-state index contributed by atoms with van der Waals surface area (Å²) in [6, 6.07) is 8.14. The Morgan fingerprint density at radius 2 is 1.88 bits per heavy atom. The summed E-state index contributed by atoms with van der Waals surface area (Å²) in [5, 5.41) is 16.0. The van der Waals surface area contributed by atoms with Crippen molar-refractivity contribution >= 4 is 17.7 Å². The van der Waals surface area contributed by atoms with Crippen LogP contribution >= 0.6 is 0 Å². The highest BCUT2D eigenvalue weighted by Crippen LogP contribution is 2.64. The normalized spacial score (nSPS) is 32.7. The molecule has 3 N–H and O–H groups in total. The van der Waals surface area contributed by atoms with Gasteiger partial charge in [-0.2, -0.15) is 0 Å². The SMILES string of the molecule is CC[C@@H](CO)N1C(=O)[C@@H]2[C@H](C(=O)NCc3ccccc3)[C@]3(CC)CCC2(O3)C1C(=O)NC(C)C. The highest BCUT2D eigenvalue weighted by atomic mass is 16.5. The maximum Gasteiger partial charge on any atom is 0.246 e. The molecule has 1 aromatic rings. The number of carbonyl (C=O) groups is 3. The van der Waals surface area contributed by atoms with Gasteiger partial charge in [-0.05, 0) is 45.1 Å². The lowest BCUT2D eigenvalue weighted by Crippen LogP contribution is -2.58. The fourth-order valence-corrected chi connectivity index (χ4v) is 6.42. The summed E-state index contributed by atoms with van der Waals surface area (Å²) in [5.74, 6) is -2.19. The van der Waals surface area contributed by atoms with Crippen molar-refractivity contribution < 1.29 is 24.2 Å². The van der Waals surface area contributed by atoms with Crippen molar-refractivity contribution in [3.05, 3.63) is 35.9 Å². The molecular weight excluding hydrogens is 434 g/mol. The molecule has 3 aliphatic heterocycles. The van der Waals surface area contributed by atoms with E-state index in [1.165, 1.54) is 4.90 Å². The van der Waals surface area contributed by atoms with Gasteiger partial charge in [0.2, 0.25) is 17.7 Å². The third-order valence-electron chi connectivity index (χ3n) is 7.97. The summed E-state index contributed by atoms with van der Waals surface area (Å²) in [7, 11) is 0. The van der Waals surface area contributed by atoms with E-state index >= 15 is 0 Å². The number of fused-ring (bicyclic) bond motifs is 1. The van der Waals surface area contributed by atoms with Crippen LogP contribution in [0.25, 0.3) is 0 Å². The standard InChI is InChI=1S/C26H37N3O5/c1-5-18(15-30)29-21(23(32)28-16(3)4)26-13-12-25(6-2,34-26)19(20(26)24(29)33)22(31)27-14-17-10-8-7-9-11-17/h7-11,16,18-21,30H,5-6,12-15H2,1-4H3,(H,27,31)(H,28,32)/t18-,19+,20-,21?,25-,26?/m0/s1. The van der Waals surface area contributed by atoms with E-state index in [4.69, 9.17) is 4.74 Å². The molecule has 8 heteroatoms. The van der Waals surface area contributed by atoms with Crippen molar-refractivity contribution in [3.63, 3.8) is 0 Å².